The number of thiophene rings is 1. The largest absolute Gasteiger partial charge is 0.456 e. The summed E-state index contributed by atoms with van der Waals surface area (Å²) in [7, 11) is 0. The summed E-state index contributed by atoms with van der Waals surface area (Å²) in [5, 5.41) is 3.03. The highest BCUT2D eigenvalue weighted by atomic mass is 35.5. The van der Waals surface area contributed by atoms with Gasteiger partial charge in [0.1, 0.15) is 6.04 Å². The summed E-state index contributed by atoms with van der Waals surface area (Å²) in [5.74, 6) is -1.35. The molecule has 1 aromatic carbocycles. The number of amides is 1. The molecule has 7 heteroatoms. The number of hydrogen-bond donors (Lipinski definition) is 1. The molecule has 0 bridgehead atoms. The Morgan fingerprint density at radius 3 is 2.42 bits per heavy atom. The summed E-state index contributed by atoms with van der Waals surface area (Å²) in [4.78, 5) is 37.3. The number of carbonyl (C=O) groups is 3. The van der Waals surface area contributed by atoms with E-state index in [9.17, 15) is 14.4 Å². The van der Waals surface area contributed by atoms with Crippen molar-refractivity contribution in [3.8, 4) is 0 Å². The maximum Gasteiger partial charge on any atom is 0.328 e. The van der Waals surface area contributed by atoms with Crippen LogP contribution in [0.2, 0.25) is 5.02 Å². The van der Waals surface area contributed by atoms with E-state index in [1.165, 1.54) is 18.3 Å². The van der Waals surface area contributed by atoms with Crippen molar-refractivity contribution >= 4 is 40.6 Å². The molecule has 0 aliphatic rings. The average molecular weight is 366 g/mol. The van der Waals surface area contributed by atoms with Gasteiger partial charge in [-0.05, 0) is 50.2 Å². The van der Waals surface area contributed by atoms with Crippen LogP contribution in [0.15, 0.2) is 36.4 Å². The van der Waals surface area contributed by atoms with Crippen LogP contribution in [0.1, 0.15) is 31.8 Å². The van der Waals surface area contributed by atoms with E-state index in [2.05, 4.69) is 5.32 Å². The average Bonchev–Trinajstić information content (AvgIpc) is 2.99. The molecule has 0 saturated heterocycles. The van der Waals surface area contributed by atoms with E-state index < -0.39 is 17.9 Å². The Morgan fingerprint density at radius 2 is 1.83 bits per heavy atom. The summed E-state index contributed by atoms with van der Waals surface area (Å²) in [5.41, 5.74) is 0.379. The van der Waals surface area contributed by atoms with E-state index in [0.717, 1.165) is 4.88 Å². The second kappa shape index (κ2) is 8.08. The van der Waals surface area contributed by atoms with Crippen molar-refractivity contribution < 1.29 is 19.1 Å². The number of esters is 1. The maximum absolute atomic E-state index is 12.0. The van der Waals surface area contributed by atoms with Crippen molar-refractivity contribution in [2.24, 2.45) is 0 Å². The van der Waals surface area contributed by atoms with Gasteiger partial charge in [0.15, 0.2) is 6.61 Å². The molecule has 0 unspecified atom stereocenters. The molecular formula is C17H16ClNO4S. The minimum absolute atomic E-state index is 0.266. The molecule has 1 aromatic heterocycles. The molecule has 0 aliphatic heterocycles. The quantitative estimate of drug-likeness (QED) is 0.630. The number of carbonyl (C=O) groups excluding carboxylic acids is 3. The normalized spacial score (nSPS) is 11.6. The molecule has 1 N–H and O–H groups in total. The molecule has 0 fully saturated rings. The van der Waals surface area contributed by atoms with Gasteiger partial charge in [0.05, 0.1) is 4.88 Å². The van der Waals surface area contributed by atoms with E-state index in [-0.39, 0.29) is 12.4 Å². The lowest BCUT2D eigenvalue weighted by molar-refractivity contribution is -0.144. The fraction of sp³-hybridized carbons (Fsp3) is 0.235. The molecule has 126 valence electrons. The lowest BCUT2D eigenvalue weighted by Crippen LogP contribution is -2.40. The molecule has 1 amide bonds. The van der Waals surface area contributed by atoms with Crippen LogP contribution in [0.4, 0.5) is 0 Å². The lowest BCUT2D eigenvalue weighted by Gasteiger charge is -2.13. The van der Waals surface area contributed by atoms with Gasteiger partial charge in [0.25, 0.3) is 5.91 Å². The molecule has 1 atom stereocenters. The maximum atomic E-state index is 12.0. The zero-order chi connectivity index (χ0) is 17.7. The summed E-state index contributed by atoms with van der Waals surface area (Å²) < 4.78 is 4.97. The van der Waals surface area contributed by atoms with Crippen molar-refractivity contribution in [1.82, 2.24) is 5.32 Å². The van der Waals surface area contributed by atoms with Gasteiger partial charge in [-0.15, -0.1) is 11.3 Å². The predicted octanol–water partition coefficient (Wildman–Crippen LogP) is 3.25. The van der Waals surface area contributed by atoms with Gasteiger partial charge in [0.2, 0.25) is 5.78 Å². The number of hydrogen-bond acceptors (Lipinski definition) is 5. The zero-order valence-corrected chi connectivity index (χ0v) is 14.7. The molecule has 0 radical (unpaired) electrons. The van der Waals surface area contributed by atoms with E-state index >= 15 is 0 Å². The Kier molecular flexibility index (Phi) is 6.11. The third-order valence-corrected chi connectivity index (χ3v) is 4.46. The second-order valence-corrected chi connectivity index (χ2v) is 6.87. The molecule has 0 saturated carbocycles. The topological polar surface area (TPSA) is 72.5 Å². The van der Waals surface area contributed by atoms with Crippen LogP contribution in [-0.2, 0) is 9.53 Å². The second-order valence-electron chi connectivity index (χ2n) is 5.14. The number of aryl methyl sites for hydroxylation is 1. The number of Topliss-reactive ketones (excluding diaryl/α,β-unsaturated/α-hetero) is 1. The number of rotatable bonds is 6. The molecule has 24 heavy (non-hydrogen) atoms. The first-order valence-electron chi connectivity index (χ1n) is 7.19. The van der Waals surface area contributed by atoms with Crippen molar-refractivity contribution in [3.05, 3.63) is 56.7 Å². The highest BCUT2D eigenvalue weighted by Crippen LogP contribution is 2.15. The molecule has 1 heterocycles. The molecule has 5 nitrogen and oxygen atoms in total. The smallest absolute Gasteiger partial charge is 0.328 e. The molecular weight excluding hydrogens is 350 g/mol. The van der Waals surface area contributed by atoms with E-state index in [0.29, 0.717) is 15.5 Å². The fourth-order valence-corrected chi connectivity index (χ4v) is 2.78. The van der Waals surface area contributed by atoms with Gasteiger partial charge in [-0.2, -0.15) is 0 Å². The first-order chi connectivity index (χ1) is 11.4. The highest BCUT2D eigenvalue weighted by molar-refractivity contribution is 7.14. The molecule has 2 aromatic rings. The SMILES string of the molecule is Cc1ccc(C(=O)COC(=O)[C@H](C)NC(=O)c2ccc(Cl)cc2)s1. The highest BCUT2D eigenvalue weighted by Gasteiger charge is 2.19. The Bertz CT molecular complexity index is 754. The van der Waals surface area contributed by atoms with Crippen LogP contribution in [0.5, 0.6) is 0 Å². The molecule has 0 spiro atoms. The minimum Gasteiger partial charge on any atom is -0.456 e. The Morgan fingerprint density at radius 1 is 1.17 bits per heavy atom. The summed E-state index contributed by atoms with van der Waals surface area (Å²) in [6, 6.07) is 8.93. The number of ether oxygens (including phenoxy) is 1. The van der Waals surface area contributed by atoms with Crippen LogP contribution in [0, 0.1) is 6.92 Å². The summed E-state index contributed by atoms with van der Waals surface area (Å²) >= 11 is 7.10. The van der Waals surface area contributed by atoms with E-state index in [1.54, 1.807) is 30.3 Å². The number of ketones is 1. The third-order valence-electron chi connectivity index (χ3n) is 3.17. The van der Waals surface area contributed by atoms with Gasteiger partial charge >= 0.3 is 5.97 Å². The summed E-state index contributed by atoms with van der Waals surface area (Å²) in [6.45, 7) is 3.04. The van der Waals surface area contributed by atoms with E-state index in [1.807, 2.05) is 13.0 Å². The Balaban J connectivity index is 1.84. The Labute approximate surface area is 148 Å². The summed E-state index contributed by atoms with van der Waals surface area (Å²) in [6.07, 6.45) is 0. The van der Waals surface area contributed by atoms with Crippen LogP contribution in [-0.4, -0.2) is 30.3 Å². The molecule has 0 aliphatic carbocycles. The first-order valence-corrected chi connectivity index (χ1v) is 8.39. The van der Waals surface area contributed by atoms with Crippen molar-refractivity contribution in [2.75, 3.05) is 6.61 Å². The van der Waals surface area contributed by atoms with E-state index in [4.69, 9.17) is 16.3 Å². The van der Waals surface area contributed by atoms with Crippen molar-refractivity contribution in [2.45, 2.75) is 19.9 Å². The van der Waals surface area contributed by atoms with Crippen LogP contribution >= 0.6 is 22.9 Å². The van der Waals surface area contributed by atoms with Gasteiger partial charge in [-0.1, -0.05) is 11.6 Å². The van der Waals surface area contributed by atoms with Crippen LogP contribution < -0.4 is 5.32 Å². The fourth-order valence-electron chi connectivity index (χ4n) is 1.86. The van der Waals surface area contributed by atoms with Gasteiger partial charge in [-0.25, -0.2) is 4.79 Å². The van der Waals surface area contributed by atoms with Gasteiger partial charge in [0, 0.05) is 15.5 Å². The minimum atomic E-state index is -0.869. The lowest BCUT2D eigenvalue weighted by atomic mass is 10.2. The van der Waals surface area contributed by atoms with Gasteiger partial charge < -0.3 is 10.1 Å². The zero-order valence-electron chi connectivity index (χ0n) is 13.2. The number of benzene rings is 1. The number of nitrogens with one attached hydrogen (secondary N) is 1. The van der Waals surface area contributed by atoms with Crippen molar-refractivity contribution in [1.29, 1.82) is 0 Å². The van der Waals surface area contributed by atoms with Crippen LogP contribution in [0.3, 0.4) is 0 Å². The van der Waals surface area contributed by atoms with Crippen LogP contribution in [0.25, 0.3) is 0 Å². The predicted molar refractivity (Wildman–Crippen MR) is 92.7 cm³/mol. The van der Waals surface area contributed by atoms with Crippen molar-refractivity contribution in [3.63, 3.8) is 0 Å². The van der Waals surface area contributed by atoms with Gasteiger partial charge in [-0.3, -0.25) is 9.59 Å². The Hall–Kier alpha value is -2.18. The first kappa shape index (κ1) is 18.2. The standard InChI is InChI=1S/C17H16ClNO4S/c1-10-3-8-15(24-10)14(20)9-23-17(22)11(2)19-16(21)12-4-6-13(18)7-5-12/h3-8,11H,9H2,1-2H3,(H,19,21)/t11-/m0/s1. The monoisotopic (exact) mass is 365 g/mol. The molecule has 2 rings (SSSR count). The number of halogens is 1. The third kappa shape index (κ3) is 4.91.